The molecule has 2 heterocycles. The molecule has 3 aromatic rings. The molecule has 0 aliphatic heterocycles. The van der Waals surface area contributed by atoms with Gasteiger partial charge in [0.25, 0.3) is 5.91 Å². The third kappa shape index (κ3) is 4.44. The first-order chi connectivity index (χ1) is 12.3. The van der Waals surface area contributed by atoms with E-state index in [0.29, 0.717) is 24.4 Å². The summed E-state index contributed by atoms with van der Waals surface area (Å²) in [6, 6.07) is 13.1. The lowest BCUT2D eigenvalue weighted by atomic mass is 10.1. The fourth-order valence-electron chi connectivity index (χ4n) is 2.40. The molecule has 0 aliphatic carbocycles. The largest absolute Gasteiger partial charge is 0.380 e. The predicted molar refractivity (Wildman–Crippen MR) is 95.1 cm³/mol. The summed E-state index contributed by atoms with van der Waals surface area (Å²) in [6.45, 7) is 2.91. The van der Waals surface area contributed by atoms with Crippen LogP contribution in [0, 0.1) is 0 Å². The van der Waals surface area contributed by atoms with Crippen LogP contribution in [-0.4, -0.2) is 16.0 Å². The summed E-state index contributed by atoms with van der Waals surface area (Å²) in [5, 5.41) is 10.1. The van der Waals surface area contributed by atoms with Crippen molar-refractivity contribution in [3.05, 3.63) is 77.4 Å². The number of anilines is 1. The standard InChI is InChI=1S/C19H20N4O2/c1-2-15-10-16(25-23-15)13-22-19(24)17-7-3-4-8-18(17)21-12-14-6-5-9-20-11-14/h3-11,21H,2,12-13H2,1H3,(H,22,24). The highest BCUT2D eigenvalue weighted by Gasteiger charge is 2.12. The Bertz CT molecular complexity index is 830. The van der Waals surface area contributed by atoms with Crippen molar-refractivity contribution in [1.29, 1.82) is 0 Å². The van der Waals surface area contributed by atoms with Crippen molar-refractivity contribution in [3.8, 4) is 0 Å². The summed E-state index contributed by atoms with van der Waals surface area (Å²) >= 11 is 0. The minimum absolute atomic E-state index is 0.163. The highest BCUT2D eigenvalue weighted by Crippen LogP contribution is 2.16. The van der Waals surface area contributed by atoms with Gasteiger partial charge in [0.05, 0.1) is 17.8 Å². The Morgan fingerprint density at radius 3 is 2.80 bits per heavy atom. The normalized spacial score (nSPS) is 10.4. The number of hydrogen-bond donors (Lipinski definition) is 2. The van der Waals surface area contributed by atoms with E-state index in [-0.39, 0.29) is 5.91 Å². The van der Waals surface area contributed by atoms with Gasteiger partial charge in [-0.05, 0) is 30.2 Å². The molecule has 0 unspecified atom stereocenters. The number of hydrogen-bond acceptors (Lipinski definition) is 5. The fraction of sp³-hybridized carbons (Fsp3) is 0.211. The predicted octanol–water partition coefficient (Wildman–Crippen LogP) is 3.17. The van der Waals surface area contributed by atoms with Gasteiger partial charge in [0.15, 0.2) is 5.76 Å². The van der Waals surface area contributed by atoms with Gasteiger partial charge >= 0.3 is 0 Å². The van der Waals surface area contributed by atoms with Crippen LogP contribution < -0.4 is 10.6 Å². The van der Waals surface area contributed by atoms with E-state index in [1.54, 1.807) is 18.5 Å². The lowest BCUT2D eigenvalue weighted by molar-refractivity contribution is 0.0948. The smallest absolute Gasteiger partial charge is 0.253 e. The number of nitrogens with zero attached hydrogens (tertiary/aromatic N) is 2. The van der Waals surface area contributed by atoms with Gasteiger partial charge < -0.3 is 15.2 Å². The zero-order valence-corrected chi connectivity index (χ0v) is 14.0. The summed E-state index contributed by atoms with van der Waals surface area (Å²) in [6.07, 6.45) is 4.34. The molecule has 0 saturated carbocycles. The quantitative estimate of drug-likeness (QED) is 0.693. The second-order valence-electron chi connectivity index (χ2n) is 5.58. The third-order valence-corrected chi connectivity index (χ3v) is 3.77. The minimum atomic E-state index is -0.163. The lowest BCUT2D eigenvalue weighted by Crippen LogP contribution is -2.23. The maximum absolute atomic E-state index is 12.5. The number of para-hydroxylation sites is 1. The first-order valence-corrected chi connectivity index (χ1v) is 8.20. The molecule has 1 amide bonds. The maximum Gasteiger partial charge on any atom is 0.253 e. The van der Waals surface area contributed by atoms with Crippen molar-refractivity contribution >= 4 is 11.6 Å². The molecule has 0 atom stereocenters. The van der Waals surface area contributed by atoms with Gasteiger partial charge in [0.1, 0.15) is 0 Å². The first-order valence-electron chi connectivity index (χ1n) is 8.20. The minimum Gasteiger partial charge on any atom is -0.380 e. The van der Waals surface area contributed by atoms with Crippen LogP contribution in [0.1, 0.15) is 34.3 Å². The lowest BCUT2D eigenvalue weighted by Gasteiger charge is -2.11. The Balaban J connectivity index is 1.63. The molecule has 0 aliphatic rings. The van der Waals surface area contributed by atoms with E-state index in [1.165, 1.54) is 0 Å². The van der Waals surface area contributed by atoms with Gasteiger partial charge in [-0.2, -0.15) is 0 Å². The van der Waals surface area contributed by atoms with Crippen molar-refractivity contribution in [2.45, 2.75) is 26.4 Å². The van der Waals surface area contributed by atoms with E-state index >= 15 is 0 Å². The van der Waals surface area contributed by atoms with Crippen LogP contribution in [0.2, 0.25) is 0 Å². The van der Waals surface area contributed by atoms with Gasteiger partial charge in [-0.15, -0.1) is 0 Å². The molecule has 0 saturated heterocycles. The van der Waals surface area contributed by atoms with Gasteiger partial charge in [-0.25, -0.2) is 0 Å². The molecule has 25 heavy (non-hydrogen) atoms. The molecule has 3 rings (SSSR count). The maximum atomic E-state index is 12.5. The number of amides is 1. The Hall–Kier alpha value is -3.15. The molecule has 0 radical (unpaired) electrons. The average molecular weight is 336 g/mol. The summed E-state index contributed by atoms with van der Waals surface area (Å²) in [5.74, 6) is 0.481. The van der Waals surface area contributed by atoms with E-state index < -0.39 is 0 Å². The molecule has 1 aromatic carbocycles. The number of pyridine rings is 1. The number of aryl methyl sites for hydroxylation is 1. The monoisotopic (exact) mass is 336 g/mol. The van der Waals surface area contributed by atoms with Crippen molar-refractivity contribution in [2.24, 2.45) is 0 Å². The van der Waals surface area contributed by atoms with E-state index in [1.807, 2.05) is 43.3 Å². The molecule has 0 bridgehead atoms. The molecular weight excluding hydrogens is 316 g/mol. The van der Waals surface area contributed by atoms with E-state index in [9.17, 15) is 4.79 Å². The van der Waals surface area contributed by atoms with Gasteiger partial charge in [0, 0.05) is 30.7 Å². The zero-order valence-electron chi connectivity index (χ0n) is 14.0. The van der Waals surface area contributed by atoms with Crippen LogP contribution in [0.5, 0.6) is 0 Å². The summed E-state index contributed by atoms with van der Waals surface area (Å²) in [4.78, 5) is 16.6. The highest BCUT2D eigenvalue weighted by molar-refractivity contribution is 5.99. The molecule has 128 valence electrons. The Morgan fingerprint density at radius 2 is 2.04 bits per heavy atom. The van der Waals surface area contributed by atoms with E-state index in [2.05, 4.69) is 20.8 Å². The van der Waals surface area contributed by atoms with Gasteiger partial charge in [-0.3, -0.25) is 9.78 Å². The molecule has 6 nitrogen and oxygen atoms in total. The fourth-order valence-corrected chi connectivity index (χ4v) is 2.40. The van der Waals surface area contributed by atoms with Crippen LogP contribution in [0.3, 0.4) is 0 Å². The number of aromatic nitrogens is 2. The van der Waals surface area contributed by atoms with Crippen molar-refractivity contribution in [3.63, 3.8) is 0 Å². The van der Waals surface area contributed by atoms with Crippen molar-refractivity contribution in [1.82, 2.24) is 15.5 Å². The Kier molecular flexibility index (Phi) is 5.41. The molecule has 0 spiro atoms. The highest BCUT2D eigenvalue weighted by atomic mass is 16.5. The first kappa shape index (κ1) is 16.7. The SMILES string of the molecule is CCc1cc(CNC(=O)c2ccccc2NCc2cccnc2)on1. The third-order valence-electron chi connectivity index (χ3n) is 3.77. The van der Waals surface area contributed by atoms with Crippen LogP contribution >= 0.6 is 0 Å². The Labute approximate surface area is 146 Å². The van der Waals surface area contributed by atoms with Crippen molar-refractivity contribution in [2.75, 3.05) is 5.32 Å². The van der Waals surface area contributed by atoms with Crippen LogP contribution in [0.4, 0.5) is 5.69 Å². The number of rotatable bonds is 7. The number of carbonyl (C=O) groups excluding carboxylic acids is 1. The van der Waals surface area contributed by atoms with Crippen LogP contribution in [0.25, 0.3) is 0 Å². The number of carbonyl (C=O) groups is 1. The second kappa shape index (κ2) is 8.10. The molecule has 2 N–H and O–H groups in total. The second-order valence-corrected chi connectivity index (χ2v) is 5.58. The molecular formula is C19H20N4O2. The Morgan fingerprint density at radius 1 is 1.16 bits per heavy atom. The number of benzene rings is 1. The van der Waals surface area contributed by atoms with E-state index in [0.717, 1.165) is 23.4 Å². The molecule has 2 aromatic heterocycles. The van der Waals surface area contributed by atoms with Gasteiger partial charge in [-0.1, -0.05) is 30.3 Å². The average Bonchev–Trinajstić information content (AvgIpc) is 3.14. The summed E-state index contributed by atoms with van der Waals surface area (Å²) < 4.78 is 5.19. The van der Waals surface area contributed by atoms with E-state index in [4.69, 9.17) is 4.52 Å². The molecule has 6 heteroatoms. The summed E-state index contributed by atoms with van der Waals surface area (Å²) in [7, 11) is 0. The number of nitrogens with one attached hydrogen (secondary N) is 2. The van der Waals surface area contributed by atoms with Crippen molar-refractivity contribution < 1.29 is 9.32 Å². The van der Waals surface area contributed by atoms with Gasteiger partial charge in [0.2, 0.25) is 0 Å². The molecule has 0 fully saturated rings. The zero-order chi connectivity index (χ0) is 17.5. The van der Waals surface area contributed by atoms with Crippen LogP contribution in [0.15, 0.2) is 59.4 Å². The van der Waals surface area contributed by atoms with Crippen LogP contribution in [-0.2, 0) is 19.5 Å². The topological polar surface area (TPSA) is 80.0 Å². The summed E-state index contributed by atoms with van der Waals surface area (Å²) in [5.41, 5.74) is 3.28.